The van der Waals surface area contributed by atoms with Gasteiger partial charge in [0.2, 0.25) is 0 Å². The molecule has 1 amide bonds. The summed E-state index contributed by atoms with van der Waals surface area (Å²) in [5.41, 5.74) is 1.82. The van der Waals surface area contributed by atoms with Gasteiger partial charge in [-0.2, -0.15) is 5.26 Å². The zero-order valence-corrected chi connectivity index (χ0v) is 13.6. The Morgan fingerprint density at radius 3 is 2.83 bits per heavy atom. The van der Waals surface area contributed by atoms with Gasteiger partial charge in [0.15, 0.2) is 0 Å². The van der Waals surface area contributed by atoms with E-state index in [4.69, 9.17) is 16.3 Å². The fraction of sp³-hybridized carbons (Fsp3) is 0.353. The Kier molecular flexibility index (Phi) is 3.47. The van der Waals surface area contributed by atoms with E-state index in [0.29, 0.717) is 22.7 Å². The molecule has 2 fully saturated rings. The number of cyclic esters (lactones) is 1. The monoisotopic (exact) mass is 342 g/mol. The summed E-state index contributed by atoms with van der Waals surface area (Å²) in [6.07, 6.45) is 2.78. The van der Waals surface area contributed by atoms with Crippen molar-refractivity contribution in [1.29, 1.82) is 5.26 Å². The number of nitrogens with zero attached hydrogens (tertiary/aromatic N) is 3. The second-order valence-electron chi connectivity index (χ2n) is 6.24. The van der Waals surface area contributed by atoms with E-state index < -0.39 is 0 Å². The molecule has 6 nitrogen and oxygen atoms in total. The van der Waals surface area contributed by atoms with Crippen LogP contribution in [0.1, 0.15) is 18.4 Å². The van der Waals surface area contributed by atoms with Gasteiger partial charge in [-0.05, 0) is 18.9 Å². The van der Waals surface area contributed by atoms with E-state index in [1.807, 2.05) is 12.1 Å². The van der Waals surface area contributed by atoms with Gasteiger partial charge in [0.1, 0.15) is 12.7 Å². The fourth-order valence-electron chi connectivity index (χ4n) is 3.52. The molecule has 0 bridgehead atoms. The van der Waals surface area contributed by atoms with E-state index in [9.17, 15) is 10.1 Å². The first kappa shape index (κ1) is 15.0. The average molecular weight is 343 g/mol. The third kappa shape index (κ3) is 2.33. The predicted octanol–water partition coefficient (Wildman–Crippen LogP) is 2.84. The zero-order valence-electron chi connectivity index (χ0n) is 12.9. The SMILES string of the molecule is N#Cc1cnc2c(Cl)cccc2c1N1CCC2(CC1)COC(=O)N2. The van der Waals surface area contributed by atoms with Gasteiger partial charge in [0.05, 0.1) is 27.3 Å². The molecule has 2 saturated heterocycles. The van der Waals surface area contributed by atoms with E-state index in [1.54, 1.807) is 12.3 Å². The van der Waals surface area contributed by atoms with Crippen LogP contribution in [-0.4, -0.2) is 36.3 Å². The number of alkyl carbamates (subject to hydrolysis) is 1. The van der Waals surface area contributed by atoms with E-state index in [0.717, 1.165) is 37.0 Å². The van der Waals surface area contributed by atoms with Gasteiger partial charge in [-0.25, -0.2) is 4.79 Å². The summed E-state index contributed by atoms with van der Waals surface area (Å²) in [6, 6.07) is 7.83. The van der Waals surface area contributed by atoms with E-state index in [2.05, 4.69) is 21.3 Å². The van der Waals surface area contributed by atoms with Gasteiger partial charge in [0, 0.05) is 24.7 Å². The summed E-state index contributed by atoms with van der Waals surface area (Å²) in [4.78, 5) is 17.9. The van der Waals surface area contributed by atoms with Crippen molar-refractivity contribution in [2.24, 2.45) is 0 Å². The molecule has 3 heterocycles. The second-order valence-corrected chi connectivity index (χ2v) is 6.64. The lowest BCUT2D eigenvalue weighted by molar-refractivity contribution is 0.168. The van der Waals surface area contributed by atoms with Crippen molar-refractivity contribution in [2.45, 2.75) is 18.4 Å². The van der Waals surface area contributed by atoms with Gasteiger partial charge >= 0.3 is 6.09 Å². The number of benzene rings is 1. The number of hydrogen-bond donors (Lipinski definition) is 1. The summed E-state index contributed by atoms with van der Waals surface area (Å²) < 4.78 is 5.07. The van der Waals surface area contributed by atoms with Crippen LogP contribution in [-0.2, 0) is 4.74 Å². The molecule has 0 saturated carbocycles. The molecule has 2 aromatic rings. The number of amides is 1. The Morgan fingerprint density at radius 1 is 1.38 bits per heavy atom. The van der Waals surface area contributed by atoms with Crippen LogP contribution in [0.4, 0.5) is 10.5 Å². The molecule has 24 heavy (non-hydrogen) atoms. The molecule has 1 spiro atoms. The largest absolute Gasteiger partial charge is 0.447 e. The average Bonchev–Trinajstić information content (AvgIpc) is 2.95. The van der Waals surface area contributed by atoms with Crippen LogP contribution in [0.15, 0.2) is 24.4 Å². The normalized spacial score (nSPS) is 19.2. The Morgan fingerprint density at radius 2 is 2.17 bits per heavy atom. The van der Waals surface area contributed by atoms with Crippen molar-refractivity contribution in [3.63, 3.8) is 0 Å². The lowest BCUT2D eigenvalue weighted by Crippen LogP contribution is -2.52. The number of halogens is 1. The first-order valence-corrected chi connectivity index (χ1v) is 8.17. The molecule has 0 atom stereocenters. The van der Waals surface area contributed by atoms with Crippen molar-refractivity contribution in [2.75, 3.05) is 24.6 Å². The maximum atomic E-state index is 11.4. The predicted molar refractivity (Wildman–Crippen MR) is 90.1 cm³/mol. The first-order valence-electron chi connectivity index (χ1n) is 7.79. The van der Waals surface area contributed by atoms with E-state index in [1.165, 1.54) is 0 Å². The van der Waals surface area contributed by atoms with E-state index in [-0.39, 0.29) is 11.6 Å². The molecular weight excluding hydrogens is 328 g/mol. The number of anilines is 1. The smallest absolute Gasteiger partial charge is 0.407 e. The minimum atomic E-state index is -0.345. The van der Waals surface area contributed by atoms with Crippen LogP contribution < -0.4 is 10.2 Å². The Bertz CT molecular complexity index is 869. The van der Waals surface area contributed by atoms with Gasteiger partial charge in [0.25, 0.3) is 0 Å². The molecule has 2 aliphatic heterocycles. The topological polar surface area (TPSA) is 78.2 Å². The highest BCUT2D eigenvalue weighted by molar-refractivity contribution is 6.35. The number of rotatable bonds is 1. The molecule has 1 N–H and O–H groups in total. The van der Waals surface area contributed by atoms with Crippen LogP contribution in [0.3, 0.4) is 0 Å². The van der Waals surface area contributed by atoms with Crippen LogP contribution in [0.2, 0.25) is 5.02 Å². The number of fused-ring (bicyclic) bond motifs is 1. The number of piperidine rings is 1. The first-order chi connectivity index (χ1) is 11.6. The number of aromatic nitrogens is 1. The third-order valence-electron chi connectivity index (χ3n) is 4.82. The Hall–Kier alpha value is -2.52. The van der Waals surface area contributed by atoms with Crippen LogP contribution in [0.5, 0.6) is 0 Å². The van der Waals surface area contributed by atoms with Gasteiger partial charge in [-0.3, -0.25) is 4.98 Å². The summed E-state index contributed by atoms with van der Waals surface area (Å²) >= 11 is 6.25. The molecular formula is C17H15ClN4O2. The maximum absolute atomic E-state index is 11.4. The van der Waals surface area contributed by atoms with Crippen molar-refractivity contribution >= 4 is 34.3 Å². The molecule has 2 aliphatic rings. The molecule has 7 heteroatoms. The fourth-order valence-corrected chi connectivity index (χ4v) is 3.74. The lowest BCUT2D eigenvalue weighted by Gasteiger charge is -2.39. The standard InChI is InChI=1S/C17H15ClN4O2/c18-13-3-1-2-12-14(13)20-9-11(8-19)15(12)22-6-4-17(5-7-22)10-24-16(23)21-17/h1-3,9H,4-7,10H2,(H,21,23). The third-order valence-corrected chi connectivity index (χ3v) is 5.13. The van der Waals surface area contributed by atoms with Crippen LogP contribution in [0.25, 0.3) is 10.9 Å². The van der Waals surface area contributed by atoms with Crippen molar-refractivity contribution < 1.29 is 9.53 Å². The molecule has 1 aromatic heterocycles. The number of carbonyl (C=O) groups excluding carboxylic acids is 1. The highest BCUT2D eigenvalue weighted by Gasteiger charge is 2.42. The van der Waals surface area contributed by atoms with Crippen molar-refractivity contribution in [1.82, 2.24) is 10.3 Å². The maximum Gasteiger partial charge on any atom is 0.407 e. The Labute approximate surface area is 144 Å². The number of carbonyl (C=O) groups is 1. The van der Waals surface area contributed by atoms with E-state index >= 15 is 0 Å². The molecule has 0 aliphatic carbocycles. The van der Waals surface area contributed by atoms with Crippen molar-refractivity contribution in [3.8, 4) is 6.07 Å². The molecule has 122 valence electrons. The van der Waals surface area contributed by atoms with Gasteiger partial charge in [-0.15, -0.1) is 0 Å². The minimum absolute atomic E-state index is 0.277. The highest BCUT2D eigenvalue weighted by atomic mass is 35.5. The number of para-hydroxylation sites is 1. The van der Waals surface area contributed by atoms with Gasteiger partial charge < -0.3 is 15.0 Å². The summed E-state index contributed by atoms with van der Waals surface area (Å²) in [5.74, 6) is 0. The number of pyridine rings is 1. The number of hydrogen-bond acceptors (Lipinski definition) is 5. The Balaban J connectivity index is 1.71. The summed E-state index contributed by atoms with van der Waals surface area (Å²) in [6.45, 7) is 1.86. The van der Waals surface area contributed by atoms with Crippen LogP contribution in [0, 0.1) is 11.3 Å². The highest BCUT2D eigenvalue weighted by Crippen LogP contribution is 2.36. The molecule has 0 unspecified atom stereocenters. The molecule has 4 rings (SSSR count). The second kappa shape index (κ2) is 5.53. The minimum Gasteiger partial charge on any atom is -0.447 e. The zero-order chi connectivity index (χ0) is 16.7. The summed E-state index contributed by atoms with van der Waals surface area (Å²) in [7, 11) is 0. The number of nitriles is 1. The number of nitrogens with one attached hydrogen (secondary N) is 1. The lowest BCUT2D eigenvalue weighted by atomic mass is 9.88. The quantitative estimate of drug-likeness (QED) is 0.862. The van der Waals surface area contributed by atoms with Gasteiger partial charge in [-0.1, -0.05) is 23.7 Å². The molecule has 0 radical (unpaired) electrons. The van der Waals surface area contributed by atoms with Crippen LogP contribution >= 0.6 is 11.6 Å². The number of ether oxygens (including phenoxy) is 1. The molecule has 1 aromatic carbocycles. The summed E-state index contributed by atoms with van der Waals surface area (Å²) in [5, 5.41) is 13.9. The van der Waals surface area contributed by atoms with Crippen molar-refractivity contribution in [3.05, 3.63) is 35.0 Å².